The number of nitrogens with zero attached hydrogens (tertiary/aromatic N) is 1. The predicted molar refractivity (Wildman–Crippen MR) is 69.0 cm³/mol. The summed E-state index contributed by atoms with van der Waals surface area (Å²) in [5, 5.41) is 0. The van der Waals surface area contributed by atoms with Crippen molar-refractivity contribution in [2.75, 3.05) is 7.05 Å². The van der Waals surface area contributed by atoms with E-state index in [1.165, 1.54) is 19.1 Å². The Morgan fingerprint density at radius 1 is 1.39 bits per heavy atom. The smallest absolute Gasteiger partial charge is 0.374 e. The fourth-order valence-electron chi connectivity index (χ4n) is 3.06. The van der Waals surface area contributed by atoms with Gasteiger partial charge in [0.2, 0.25) is 5.76 Å². The van der Waals surface area contributed by atoms with Gasteiger partial charge >= 0.3 is 5.97 Å². The Labute approximate surface area is 113 Å². The fourth-order valence-corrected chi connectivity index (χ4v) is 3.06. The summed E-state index contributed by atoms with van der Waals surface area (Å²) in [5.74, 6) is -0.0276. The third kappa shape index (κ3) is 2.40. The van der Waals surface area contributed by atoms with Gasteiger partial charge in [-0.25, -0.2) is 4.79 Å². The molecule has 5 heteroatoms. The maximum Gasteiger partial charge on any atom is 0.374 e. The molecule has 3 heterocycles. The molecule has 18 heavy (non-hydrogen) atoms. The number of rotatable bonds is 2. The second-order valence-electron chi connectivity index (χ2n) is 5.03. The molecule has 2 unspecified atom stereocenters. The Balaban J connectivity index is 0.00000120. The second-order valence-corrected chi connectivity index (χ2v) is 5.03. The molecule has 0 N–H and O–H groups in total. The zero-order valence-corrected chi connectivity index (χ0v) is 11.2. The van der Waals surface area contributed by atoms with Crippen LogP contribution in [0, 0.1) is 0 Å². The van der Waals surface area contributed by atoms with Crippen LogP contribution in [0.25, 0.3) is 0 Å². The Morgan fingerprint density at radius 2 is 2.06 bits per heavy atom. The standard InChI is InChI=1S/C13H17NO3.ClH/c1-14-9-4-5-10(14)8-11(7-9)17-13(15)12-3-2-6-16-12;/h2-3,6,9-11H,4-5,7-8H2,1H3;1H. The molecule has 1 aromatic heterocycles. The van der Waals surface area contributed by atoms with Crippen LogP contribution in [0.1, 0.15) is 36.2 Å². The zero-order chi connectivity index (χ0) is 11.8. The van der Waals surface area contributed by atoms with E-state index >= 15 is 0 Å². The third-order valence-corrected chi connectivity index (χ3v) is 4.05. The van der Waals surface area contributed by atoms with E-state index in [-0.39, 0.29) is 24.5 Å². The summed E-state index contributed by atoms with van der Waals surface area (Å²) < 4.78 is 10.5. The van der Waals surface area contributed by atoms with Crippen molar-refractivity contribution in [2.24, 2.45) is 0 Å². The minimum absolute atomic E-state index is 0. The van der Waals surface area contributed by atoms with Gasteiger partial charge < -0.3 is 14.1 Å². The van der Waals surface area contributed by atoms with Gasteiger partial charge in [-0.05, 0) is 32.0 Å². The molecule has 2 aliphatic heterocycles. The summed E-state index contributed by atoms with van der Waals surface area (Å²) in [4.78, 5) is 14.2. The SMILES string of the molecule is CN1C2CCC1CC(OC(=O)c1ccco1)C2.Cl. The van der Waals surface area contributed by atoms with Gasteiger partial charge in [-0.1, -0.05) is 0 Å². The molecule has 0 saturated carbocycles. The average Bonchev–Trinajstić information content (AvgIpc) is 2.88. The van der Waals surface area contributed by atoms with Crippen molar-refractivity contribution >= 4 is 18.4 Å². The number of carbonyl (C=O) groups is 1. The molecular weight excluding hydrogens is 254 g/mol. The highest BCUT2D eigenvalue weighted by Gasteiger charge is 2.40. The molecule has 1 aromatic rings. The van der Waals surface area contributed by atoms with Crippen LogP contribution >= 0.6 is 12.4 Å². The van der Waals surface area contributed by atoms with E-state index in [4.69, 9.17) is 9.15 Å². The number of halogens is 1. The highest BCUT2D eigenvalue weighted by Crippen LogP contribution is 2.35. The lowest BCUT2D eigenvalue weighted by atomic mass is 10.0. The molecule has 2 atom stereocenters. The first kappa shape index (κ1) is 13.4. The van der Waals surface area contributed by atoms with E-state index in [0.717, 1.165) is 12.8 Å². The van der Waals surface area contributed by atoms with Gasteiger partial charge in [-0.3, -0.25) is 0 Å². The van der Waals surface area contributed by atoms with E-state index < -0.39 is 0 Å². The Morgan fingerprint density at radius 3 is 2.61 bits per heavy atom. The van der Waals surface area contributed by atoms with Gasteiger partial charge in [-0.15, -0.1) is 12.4 Å². The number of hydrogen-bond acceptors (Lipinski definition) is 4. The van der Waals surface area contributed by atoms with Crippen LogP contribution in [0.2, 0.25) is 0 Å². The summed E-state index contributed by atoms with van der Waals surface area (Å²) in [6, 6.07) is 4.52. The van der Waals surface area contributed by atoms with Crippen molar-refractivity contribution in [1.82, 2.24) is 4.90 Å². The lowest BCUT2D eigenvalue weighted by Crippen LogP contribution is -2.43. The van der Waals surface area contributed by atoms with Gasteiger partial charge in [0.1, 0.15) is 6.10 Å². The van der Waals surface area contributed by atoms with Crippen LogP contribution < -0.4 is 0 Å². The summed E-state index contributed by atoms with van der Waals surface area (Å²) >= 11 is 0. The summed E-state index contributed by atoms with van der Waals surface area (Å²) in [6.07, 6.45) is 5.93. The lowest BCUT2D eigenvalue weighted by Gasteiger charge is -2.35. The third-order valence-electron chi connectivity index (χ3n) is 4.05. The molecule has 3 rings (SSSR count). The van der Waals surface area contributed by atoms with Crippen molar-refractivity contribution in [1.29, 1.82) is 0 Å². The highest BCUT2D eigenvalue weighted by molar-refractivity contribution is 5.86. The number of hydrogen-bond donors (Lipinski definition) is 0. The van der Waals surface area contributed by atoms with Crippen molar-refractivity contribution < 1.29 is 13.9 Å². The maximum absolute atomic E-state index is 11.8. The van der Waals surface area contributed by atoms with Gasteiger partial charge in [0.05, 0.1) is 6.26 Å². The van der Waals surface area contributed by atoms with Crippen molar-refractivity contribution in [3.05, 3.63) is 24.2 Å². The molecule has 2 aliphatic rings. The van der Waals surface area contributed by atoms with Gasteiger partial charge in [0, 0.05) is 24.9 Å². The van der Waals surface area contributed by atoms with E-state index in [9.17, 15) is 4.79 Å². The van der Waals surface area contributed by atoms with E-state index in [2.05, 4.69) is 11.9 Å². The molecule has 0 radical (unpaired) electrons. The van der Waals surface area contributed by atoms with Crippen molar-refractivity contribution in [3.8, 4) is 0 Å². The first-order valence-corrected chi connectivity index (χ1v) is 6.20. The number of ether oxygens (including phenoxy) is 1. The quantitative estimate of drug-likeness (QED) is 0.775. The monoisotopic (exact) mass is 271 g/mol. The van der Waals surface area contributed by atoms with E-state index in [1.807, 2.05) is 0 Å². The molecule has 0 aliphatic carbocycles. The number of fused-ring (bicyclic) bond motifs is 2. The molecule has 2 fully saturated rings. The summed E-state index contributed by atoms with van der Waals surface area (Å²) in [7, 11) is 2.17. The van der Waals surface area contributed by atoms with Crippen LogP contribution in [0.15, 0.2) is 22.8 Å². The molecule has 2 bridgehead atoms. The predicted octanol–water partition coefficient (Wildman–Crippen LogP) is 2.48. The van der Waals surface area contributed by atoms with Gasteiger partial charge in [0.15, 0.2) is 0 Å². The largest absolute Gasteiger partial charge is 0.457 e. The fraction of sp³-hybridized carbons (Fsp3) is 0.615. The zero-order valence-electron chi connectivity index (χ0n) is 10.4. The minimum Gasteiger partial charge on any atom is -0.457 e. The summed E-state index contributed by atoms with van der Waals surface area (Å²) in [6.45, 7) is 0. The summed E-state index contributed by atoms with van der Waals surface area (Å²) in [5.41, 5.74) is 0. The van der Waals surface area contributed by atoms with Crippen LogP contribution in [0.5, 0.6) is 0 Å². The van der Waals surface area contributed by atoms with E-state index in [0.29, 0.717) is 17.8 Å². The molecule has 0 spiro atoms. The topological polar surface area (TPSA) is 42.7 Å². The van der Waals surface area contributed by atoms with Crippen molar-refractivity contribution in [2.45, 2.75) is 43.9 Å². The Bertz CT molecular complexity index is 392. The number of piperidine rings is 1. The average molecular weight is 272 g/mol. The molecule has 4 nitrogen and oxygen atoms in total. The van der Waals surface area contributed by atoms with E-state index in [1.54, 1.807) is 12.1 Å². The minimum atomic E-state index is -0.330. The number of furan rings is 1. The lowest BCUT2D eigenvalue weighted by molar-refractivity contribution is -0.00312. The molecular formula is C13H18ClNO3. The van der Waals surface area contributed by atoms with Gasteiger partial charge in [-0.2, -0.15) is 0 Å². The second kappa shape index (κ2) is 5.33. The Kier molecular flexibility index (Phi) is 3.97. The number of esters is 1. The van der Waals surface area contributed by atoms with Crippen LogP contribution in [-0.4, -0.2) is 36.1 Å². The Hall–Kier alpha value is -1.00. The molecule has 2 saturated heterocycles. The highest BCUT2D eigenvalue weighted by atomic mass is 35.5. The first-order chi connectivity index (χ1) is 8.24. The maximum atomic E-state index is 11.8. The van der Waals surface area contributed by atoms with Crippen LogP contribution in [-0.2, 0) is 4.74 Å². The van der Waals surface area contributed by atoms with Crippen molar-refractivity contribution in [3.63, 3.8) is 0 Å². The van der Waals surface area contributed by atoms with Gasteiger partial charge in [0.25, 0.3) is 0 Å². The molecule has 0 amide bonds. The number of carbonyl (C=O) groups excluding carboxylic acids is 1. The normalized spacial score (nSPS) is 30.8. The molecule has 100 valence electrons. The first-order valence-electron chi connectivity index (χ1n) is 6.20. The molecule has 0 aromatic carbocycles. The van der Waals surface area contributed by atoms with Crippen LogP contribution in [0.3, 0.4) is 0 Å². The van der Waals surface area contributed by atoms with Crippen LogP contribution in [0.4, 0.5) is 0 Å².